The fraction of sp³-hybridized carbons (Fsp3) is 0.647. The van der Waals surface area contributed by atoms with Crippen molar-refractivity contribution in [1.82, 2.24) is 24.7 Å². The lowest BCUT2D eigenvalue weighted by atomic mass is 9.97. The summed E-state index contributed by atoms with van der Waals surface area (Å²) in [7, 11) is 0. The fourth-order valence-electron chi connectivity index (χ4n) is 3.85. The maximum atomic E-state index is 4.54. The van der Waals surface area contributed by atoms with Gasteiger partial charge in [-0.05, 0) is 32.6 Å². The van der Waals surface area contributed by atoms with E-state index in [4.69, 9.17) is 0 Å². The van der Waals surface area contributed by atoms with Crippen molar-refractivity contribution >= 4 is 11.6 Å². The standard InChI is InChI=1S/C17H25N7/c1-2-22-13-20-21-17(22)14-6-5-9-24(11-14)16-10-15(18-12-19-16)23-7-3-4-8-23/h10,12-14H,2-9,11H2,1H3/t14-/m0/s1. The van der Waals surface area contributed by atoms with E-state index in [0.29, 0.717) is 5.92 Å². The third-order valence-electron chi connectivity index (χ3n) is 5.16. The van der Waals surface area contributed by atoms with Crippen LogP contribution < -0.4 is 9.80 Å². The molecule has 128 valence electrons. The van der Waals surface area contributed by atoms with Crippen LogP contribution in [0, 0.1) is 0 Å². The van der Waals surface area contributed by atoms with Gasteiger partial charge in [0, 0.05) is 44.7 Å². The van der Waals surface area contributed by atoms with Crippen LogP contribution in [0.15, 0.2) is 18.7 Å². The third-order valence-corrected chi connectivity index (χ3v) is 5.16. The molecule has 7 heteroatoms. The molecule has 0 aromatic carbocycles. The average molecular weight is 327 g/mol. The first-order chi connectivity index (χ1) is 11.8. The Morgan fingerprint density at radius 3 is 2.58 bits per heavy atom. The second-order valence-electron chi connectivity index (χ2n) is 6.69. The highest BCUT2D eigenvalue weighted by Gasteiger charge is 2.26. The van der Waals surface area contributed by atoms with Crippen molar-refractivity contribution in [2.45, 2.75) is 45.1 Å². The van der Waals surface area contributed by atoms with Crippen molar-refractivity contribution in [2.75, 3.05) is 36.0 Å². The molecule has 0 N–H and O–H groups in total. The van der Waals surface area contributed by atoms with E-state index in [9.17, 15) is 0 Å². The zero-order valence-corrected chi connectivity index (χ0v) is 14.3. The lowest BCUT2D eigenvalue weighted by Crippen LogP contribution is -2.36. The van der Waals surface area contributed by atoms with Crippen molar-refractivity contribution in [2.24, 2.45) is 0 Å². The first-order valence-electron chi connectivity index (χ1n) is 9.05. The summed E-state index contributed by atoms with van der Waals surface area (Å²) in [5.74, 6) is 3.64. The first kappa shape index (κ1) is 15.4. The predicted octanol–water partition coefficient (Wildman–Crippen LogP) is 2.07. The Morgan fingerprint density at radius 2 is 1.79 bits per heavy atom. The largest absolute Gasteiger partial charge is 0.356 e. The molecule has 1 atom stereocenters. The fourth-order valence-corrected chi connectivity index (χ4v) is 3.85. The van der Waals surface area contributed by atoms with Gasteiger partial charge in [0.1, 0.15) is 30.1 Å². The highest BCUT2D eigenvalue weighted by molar-refractivity contribution is 5.51. The molecule has 0 unspecified atom stereocenters. The molecule has 2 aromatic heterocycles. The number of anilines is 2. The molecular weight excluding hydrogens is 302 g/mol. The lowest BCUT2D eigenvalue weighted by Gasteiger charge is -2.33. The summed E-state index contributed by atoms with van der Waals surface area (Å²) in [5.41, 5.74) is 0. The van der Waals surface area contributed by atoms with E-state index in [1.54, 1.807) is 6.33 Å². The number of aryl methyl sites for hydroxylation is 1. The van der Waals surface area contributed by atoms with Crippen LogP contribution in [-0.4, -0.2) is 50.9 Å². The van der Waals surface area contributed by atoms with Gasteiger partial charge in [0.2, 0.25) is 0 Å². The molecular formula is C17H25N7. The number of nitrogens with zero attached hydrogens (tertiary/aromatic N) is 7. The molecule has 2 saturated heterocycles. The summed E-state index contributed by atoms with van der Waals surface area (Å²) in [4.78, 5) is 13.8. The van der Waals surface area contributed by atoms with E-state index in [0.717, 1.165) is 56.6 Å². The molecule has 2 fully saturated rings. The maximum Gasteiger partial charge on any atom is 0.137 e. The molecule has 2 aromatic rings. The molecule has 24 heavy (non-hydrogen) atoms. The highest BCUT2D eigenvalue weighted by atomic mass is 15.3. The molecule has 2 aliphatic rings. The molecule has 7 nitrogen and oxygen atoms in total. The molecule has 0 saturated carbocycles. The Morgan fingerprint density at radius 1 is 1.04 bits per heavy atom. The van der Waals surface area contributed by atoms with Crippen molar-refractivity contribution in [3.05, 3.63) is 24.5 Å². The van der Waals surface area contributed by atoms with Crippen LogP contribution in [0.25, 0.3) is 0 Å². The summed E-state index contributed by atoms with van der Waals surface area (Å²) in [6.07, 6.45) is 8.39. The van der Waals surface area contributed by atoms with Gasteiger partial charge in [0.05, 0.1) is 0 Å². The van der Waals surface area contributed by atoms with Crippen LogP contribution in [0.2, 0.25) is 0 Å². The van der Waals surface area contributed by atoms with Crippen molar-refractivity contribution < 1.29 is 0 Å². The summed E-state index contributed by atoms with van der Waals surface area (Å²) in [6.45, 7) is 7.28. The second kappa shape index (κ2) is 6.75. The van der Waals surface area contributed by atoms with E-state index in [2.05, 4.69) is 47.5 Å². The topological polar surface area (TPSA) is 63.0 Å². The van der Waals surface area contributed by atoms with Gasteiger partial charge < -0.3 is 14.4 Å². The van der Waals surface area contributed by atoms with Gasteiger partial charge in [-0.25, -0.2) is 9.97 Å². The van der Waals surface area contributed by atoms with E-state index in [1.165, 1.54) is 19.3 Å². The number of piperidine rings is 1. The van der Waals surface area contributed by atoms with E-state index >= 15 is 0 Å². The van der Waals surface area contributed by atoms with E-state index < -0.39 is 0 Å². The molecule has 0 amide bonds. The van der Waals surface area contributed by atoms with Crippen LogP contribution in [0.3, 0.4) is 0 Å². The Labute approximate surface area is 142 Å². The van der Waals surface area contributed by atoms with Gasteiger partial charge in [0.25, 0.3) is 0 Å². The quantitative estimate of drug-likeness (QED) is 0.857. The third kappa shape index (κ3) is 2.95. The minimum absolute atomic E-state index is 0.423. The lowest BCUT2D eigenvalue weighted by molar-refractivity contribution is 0.471. The zero-order valence-electron chi connectivity index (χ0n) is 14.3. The number of hydrogen-bond donors (Lipinski definition) is 0. The summed E-state index contributed by atoms with van der Waals surface area (Å²) in [6, 6.07) is 2.15. The van der Waals surface area contributed by atoms with Gasteiger partial charge in [-0.15, -0.1) is 10.2 Å². The van der Waals surface area contributed by atoms with Gasteiger partial charge in [-0.3, -0.25) is 0 Å². The molecule has 0 radical (unpaired) electrons. The second-order valence-corrected chi connectivity index (χ2v) is 6.69. The highest BCUT2D eigenvalue weighted by Crippen LogP contribution is 2.29. The minimum Gasteiger partial charge on any atom is -0.356 e. The van der Waals surface area contributed by atoms with Gasteiger partial charge in [-0.2, -0.15) is 0 Å². The smallest absolute Gasteiger partial charge is 0.137 e. The minimum atomic E-state index is 0.423. The van der Waals surface area contributed by atoms with E-state index in [-0.39, 0.29) is 0 Å². The molecule has 0 bridgehead atoms. The van der Waals surface area contributed by atoms with Crippen molar-refractivity contribution in [3.8, 4) is 0 Å². The van der Waals surface area contributed by atoms with Crippen LogP contribution in [0.1, 0.15) is 44.3 Å². The normalized spacial score (nSPS) is 21.5. The average Bonchev–Trinajstić information content (AvgIpc) is 3.33. The molecule has 4 heterocycles. The molecule has 4 rings (SSSR count). The maximum absolute atomic E-state index is 4.54. The van der Waals surface area contributed by atoms with Crippen molar-refractivity contribution in [1.29, 1.82) is 0 Å². The molecule has 2 aliphatic heterocycles. The Kier molecular flexibility index (Phi) is 4.32. The first-order valence-corrected chi connectivity index (χ1v) is 9.05. The van der Waals surface area contributed by atoms with Crippen molar-refractivity contribution in [3.63, 3.8) is 0 Å². The Balaban J connectivity index is 1.52. The Hall–Kier alpha value is -2.18. The van der Waals surface area contributed by atoms with Crippen LogP contribution in [0.5, 0.6) is 0 Å². The predicted molar refractivity (Wildman–Crippen MR) is 93.4 cm³/mol. The summed E-state index contributed by atoms with van der Waals surface area (Å²) < 4.78 is 2.16. The number of aromatic nitrogens is 5. The number of rotatable bonds is 4. The van der Waals surface area contributed by atoms with Crippen LogP contribution in [-0.2, 0) is 6.54 Å². The number of hydrogen-bond acceptors (Lipinski definition) is 6. The zero-order chi connectivity index (χ0) is 16.4. The monoisotopic (exact) mass is 327 g/mol. The van der Waals surface area contributed by atoms with Gasteiger partial charge in [-0.1, -0.05) is 0 Å². The molecule has 0 spiro atoms. The molecule has 0 aliphatic carbocycles. The SMILES string of the molecule is CCn1cnnc1[C@H]1CCCN(c2cc(N3CCCC3)ncn2)C1. The van der Waals surface area contributed by atoms with Crippen LogP contribution >= 0.6 is 0 Å². The Bertz CT molecular complexity index is 677. The summed E-state index contributed by atoms with van der Waals surface area (Å²) >= 11 is 0. The van der Waals surface area contributed by atoms with E-state index in [1.807, 2.05) is 6.33 Å². The van der Waals surface area contributed by atoms with Gasteiger partial charge >= 0.3 is 0 Å². The summed E-state index contributed by atoms with van der Waals surface area (Å²) in [5, 5.41) is 8.46. The van der Waals surface area contributed by atoms with Gasteiger partial charge in [0.15, 0.2) is 0 Å². The van der Waals surface area contributed by atoms with Crippen LogP contribution in [0.4, 0.5) is 11.6 Å².